The number of carbonyl (C=O) groups excluding carboxylic acids is 1. The predicted octanol–water partition coefficient (Wildman–Crippen LogP) is 4.63. The number of rotatable bonds is 6. The smallest absolute Gasteiger partial charge is 0.332 e. The summed E-state index contributed by atoms with van der Waals surface area (Å²) in [5.41, 5.74) is 0.0173. The number of carbonyl (C=O) groups is 1. The van der Waals surface area contributed by atoms with Crippen molar-refractivity contribution < 1.29 is 22.4 Å². The topological polar surface area (TPSA) is 78.2 Å². The highest BCUT2D eigenvalue weighted by molar-refractivity contribution is 5.83. The molecule has 1 amide bonds. The number of hydrogen-bond acceptors (Lipinski definition) is 3. The Balaban J connectivity index is 1.91. The van der Waals surface area contributed by atoms with Gasteiger partial charge in [-0.2, -0.15) is 18.3 Å². The first-order valence-electron chi connectivity index (χ1n) is 11.9. The van der Waals surface area contributed by atoms with E-state index in [1.54, 1.807) is 37.3 Å². The molecule has 0 radical (unpaired) electrons. The van der Waals surface area contributed by atoms with Crippen molar-refractivity contribution >= 4 is 11.7 Å². The zero-order valence-electron chi connectivity index (χ0n) is 21.8. The Hall–Kier alpha value is -4.63. The number of imidazole rings is 1. The van der Waals surface area contributed by atoms with E-state index in [2.05, 4.69) is 15.3 Å². The summed E-state index contributed by atoms with van der Waals surface area (Å²) >= 11 is 0. The Bertz CT molecular complexity index is 1620. The van der Waals surface area contributed by atoms with Gasteiger partial charge in [-0.15, -0.1) is 0 Å². The summed E-state index contributed by atoms with van der Waals surface area (Å²) in [6.07, 6.45) is -3.12. The van der Waals surface area contributed by atoms with E-state index in [4.69, 9.17) is 6.57 Å². The van der Waals surface area contributed by atoms with Gasteiger partial charge in [0.25, 0.3) is 0 Å². The molecule has 2 aromatic carbocycles. The third-order valence-corrected chi connectivity index (χ3v) is 6.09. The summed E-state index contributed by atoms with van der Waals surface area (Å²) in [6.45, 7) is 9.57. The molecule has 0 saturated carbocycles. The van der Waals surface area contributed by atoms with Crippen LogP contribution < -0.4 is 11.0 Å². The molecule has 2 heterocycles. The van der Waals surface area contributed by atoms with Gasteiger partial charge in [0.05, 0.1) is 75.3 Å². The first kappa shape index (κ1) is 27.4. The summed E-state index contributed by atoms with van der Waals surface area (Å²) in [5, 5.41) is 7.10. The molecule has 0 aliphatic carbocycles. The number of hydrogen-bond donors (Lipinski definition) is 1. The molecular formula is C27H27F3N7O2+. The quantitative estimate of drug-likeness (QED) is 0.287. The van der Waals surface area contributed by atoms with E-state index in [9.17, 15) is 22.8 Å². The minimum atomic E-state index is -4.61. The molecule has 0 unspecified atom stereocenters. The van der Waals surface area contributed by atoms with Crippen molar-refractivity contribution in [1.82, 2.24) is 24.2 Å². The average Bonchev–Trinajstić information content (AvgIpc) is 3.44. The Morgan fingerprint density at radius 3 is 2.38 bits per heavy atom. The average molecular weight is 539 g/mol. The summed E-state index contributed by atoms with van der Waals surface area (Å²) in [5.74, 6) is 0. The third kappa shape index (κ3) is 5.63. The van der Waals surface area contributed by atoms with Crippen LogP contribution in [0.25, 0.3) is 27.6 Å². The van der Waals surface area contributed by atoms with E-state index in [1.807, 2.05) is 21.1 Å². The molecule has 0 fully saturated rings. The fourth-order valence-electron chi connectivity index (χ4n) is 4.15. The molecule has 0 aliphatic rings. The maximum Gasteiger partial charge on any atom is 0.416 e. The molecule has 1 N–H and O–H groups in total. The van der Waals surface area contributed by atoms with Crippen LogP contribution in [-0.2, 0) is 6.18 Å². The fraction of sp³-hybridized carbons (Fsp3) is 0.259. The van der Waals surface area contributed by atoms with E-state index >= 15 is 0 Å². The van der Waals surface area contributed by atoms with E-state index in [-0.39, 0.29) is 23.6 Å². The van der Waals surface area contributed by atoms with Gasteiger partial charge in [0, 0.05) is 0 Å². The van der Waals surface area contributed by atoms with E-state index < -0.39 is 23.5 Å². The number of quaternary nitrogens is 1. The zero-order valence-corrected chi connectivity index (χ0v) is 21.8. The van der Waals surface area contributed by atoms with Crippen LogP contribution in [0, 0.1) is 13.5 Å². The fourth-order valence-corrected chi connectivity index (χ4v) is 4.15. The van der Waals surface area contributed by atoms with Crippen molar-refractivity contribution in [2.24, 2.45) is 0 Å². The van der Waals surface area contributed by atoms with E-state index in [1.165, 1.54) is 23.0 Å². The molecular weight excluding hydrogens is 511 g/mol. The maximum atomic E-state index is 13.7. The summed E-state index contributed by atoms with van der Waals surface area (Å²) in [7, 11) is 5.86. The molecule has 0 bridgehead atoms. The number of nitrogens with one attached hydrogen (secondary N) is 1. The number of nitrogens with zero attached hydrogens (tertiary/aromatic N) is 6. The van der Waals surface area contributed by atoms with Gasteiger partial charge >= 0.3 is 17.9 Å². The molecule has 0 atom stereocenters. The van der Waals surface area contributed by atoms with Crippen LogP contribution in [-0.4, -0.2) is 63.7 Å². The first-order chi connectivity index (χ1) is 18.3. The first-order valence-corrected chi connectivity index (χ1v) is 11.9. The van der Waals surface area contributed by atoms with Gasteiger partial charge in [-0.25, -0.2) is 23.7 Å². The summed E-state index contributed by atoms with van der Waals surface area (Å²) < 4.78 is 44.5. The summed E-state index contributed by atoms with van der Waals surface area (Å²) in [4.78, 5) is 30.5. The molecule has 0 saturated heterocycles. The third-order valence-electron chi connectivity index (χ3n) is 6.09. The second kappa shape index (κ2) is 10.3. The predicted molar refractivity (Wildman–Crippen MR) is 140 cm³/mol. The lowest BCUT2D eigenvalue weighted by Gasteiger charge is -2.23. The van der Waals surface area contributed by atoms with Crippen LogP contribution in [0.2, 0.25) is 0 Å². The Labute approximate surface area is 222 Å². The van der Waals surface area contributed by atoms with Gasteiger partial charge in [0.2, 0.25) is 0 Å². The van der Waals surface area contributed by atoms with Gasteiger partial charge in [-0.05, 0) is 43.3 Å². The highest BCUT2D eigenvalue weighted by atomic mass is 19.4. The van der Waals surface area contributed by atoms with Gasteiger partial charge in [-0.1, -0.05) is 18.2 Å². The number of alkyl halides is 3. The second-order valence-electron chi connectivity index (χ2n) is 9.94. The molecule has 39 heavy (non-hydrogen) atoms. The lowest BCUT2D eigenvalue weighted by molar-refractivity contribution is -0.869. The van der Waals surface area contributed by atoms with Crippen molar-refractivity contribution in [1.29, 1.82) is 0 Å². The van der Waals surface area contributed by atoms with Crippen LogP contribution in [0.1, 0.15) is 11.3 Å². The molecule has 202 valence electrons. The number of amides is 1. The number of likely N-dealkylation sites (N-methyl/N-ethyl adjacent to an activating group) is 1. The lowest BCUT2D eigenvalue weighted by atomic mass is 10.2. The molecule has 4 rings (SSSR count). The Morgan fingerprint density at radius 1 is 1.08 bits per heavy atom. The van der Waals surface area contributed by atoms with Crippen LogP contribution in [0.15, 0.2) is 65.6 Å². The minimum absolute atomic E-state index is 0.0287. The zero-order chi connectivity index (χ0) is 28.5. The Morgan fingerprint density at radius 2 is 1.77 bits per heavy atom. The highest BCUT2D eigenvalue weighted by Gasteiger charge is 2.32. The minimum Gasteiger partial charge on any atom is -0.332 e. The Kier molecular flexibility index (Phi) is 7.21. The van der Waals surface area contributed by atoms with Crippen molar-refractivity contribution in [3.8, 4) is 22.8 Å². The molecule has 0 aliphatic heterocycles. The number of benzene rings is 2. The van der Waals surface area contributed by atoms with Crippen LogP contribution in [0.4, 0.5) is 23.7 Å². The number of aromatic nitrogens is 4. The van der Waals surface area contributed by atoms with Crippen LogP contribution >= 0.6 is 0 Å². The van der Waals surface area contributed by atoms with Gasteiger partial charge in [0.15, 0.2) is 5.69 Å². The monoisotopic (exact) mass is 538 g/mol. The molecule has 0 spiro atoms. The van der Waals surface area contributed by atoms with Crippen molar-refractivity contribution in [2.75, 3.05) is 34.2 Å². The van der Waals surface area contributed by atoms with Crippen molar-refractivity contribution in [3.05, 3.63) is 94.0 Å². The SMILES string of the molecule is [C-]#[N+]c1ccc(-n2nccc2-c2c(C)n(-c3cccc(C(F)(F)F)c3)c(=O)n2C(=O)NCC[N+](C)(C)C)cc1. The van der Waals surface area contributed by atoms with Crippen molar-refractivity contribution in [2.45, 2.75) is 13.1 Å². The standard InChI is InChI=1S/C27H26F3N7O2/c1-18-24(23-13-14-33-36(23)21-11-9-20(31-2)10-12-21)35(25(38)32-15-16-37(3,4)5)26(39)34(18)22-8-6-7-19(17-22)27(28,29)30/h6-14,17H,15-16H2,1,3-5H3/p+1. The maximum absolute atomic E-state index is 13.7. The highest BCUT2D eigenvalue weighted by Crippen LogP contribution is 2.32. The largest absolute Gasteiger partial charge is 0.416 e. The molecule has 9 nitrogen and oxygen atoms in total. The lowest BCUT2D eigenvalue weighted by Crippen LogP contribution is -2.44. The van der Waals surface area contributed by atoms with Crippen molar-refractivity contribution in [3.63, 3.8) is 0 Å². The summed E-state index contributed by atoms with van der Waals surface area (Å²) in [6, 6.07) is 11.8. The molecule has 4 aromatic rings. The molecule has 2 aromatic heterocycles. The van der Waals surface area contributed by atoms with E-state index in [0.29, 0.717) is 28.1 Å². The van der Waals surface area contributed by atoms with Gasteiger partial charge < -0.3 is 9.80 Å². The van der Waals surface area contributed by atoms with Gasteiger partial charge in [-0.3, -0.25) is 4.57 Å². The number of halogens is 3. The normalized spacial score (nSPS) is 11.8. The second-order valence-corrected chi connectivity index (χ2v) is 9.94. The van der Waals surface area contributed by atoms with Gasteiger partial charge in [0.1, 0.15) is 5.69 Å². The molecule has 12 heteroatoms. The van der Waals surface area contributed by atoms with E-state index in [0.717, 1.165) is 21.3 Å². The van der Waals surface area contributed by atoms with Crippen LogP contribution in [0.3, 0.4) is 0 Å². The van der Waals surface area contributed by atoms with Crippen LogP contribution in [0.5, 0.6) is 0 Å².